The van der Waals surface area contributed by atoms with Crippen molar-refractivity contribution in [2.45, 2.75) is 32.7 Å². The van der Waals surface area contributed by atoms with Crippen molar-refractivity contribution in [3.05, 3.63) is 58.9 Å². The Morgan fingerprint density at radius 3 is 2.71 bits per heavy atom. The first-order valence-electron chi connectivity index (χ1n) is 7.37. The molecule has 0 bridgehead atoms. The molecule has 3 heteroatoms. The molecular weight excluding hydrogens is 260 g/mol. The lowest BCUT2D eigenvalue weighted by molar-refractivity contribution is 0.397. The van der Waals surface area contributed by atoms with Crippen molar-refractivity contribution in [1.29, 1.82) is 0 Å². The molecule has 0 aliphatic rings. The number of aromatic nitrogens is 1. The first kappa shape index (κ1) is 15.5. The van der Waals surface area contributed by atoms with Crippen LogP contribution in [-0.2, 0) is 6.42 Å². The van der Waals surface area contributed by atoms with Crippen LogP contribution in [0.3, 0.4) is 0 Å². The highest BCUT2D eigenvalue weighted by Gasteiger charge is 2.17. The van der Waals surface area contributed by atoms with Crippen LogP contribution in [0.4, 0.5) is 0 Å². The van der Waals surface area contributed by atoms with Crippen molar-refractivity contribution >= 4 is 0 Å². The Kier molecular flexibility index (Phi) is 5.34. The summed E-state index contributed by atoms with van der Waals surface area (Å²) in [5, 5.41) is 3.42. The standard InChI is InChI=1S/C18H24N2O/c1-13-10-14(2)18(17(11-13)21-4)16(19-3)8-7-15-6-5-9-20-12-15/h5-6,9-12,16,19H,7-8H2,1-4H3. The van der Waals surface area contributed by atoms with E-state index in [0.717, 1.165) is 18.6 Å². The number of ether oxygens (including phenoxy) is 1. The normalized spacial score (nSPS) is 12.2. The average Bonchev–Trinajstić information content (AvgIpc) is 2.50. The number of nitrogens with one attached hydrogen (secondary N) is 1. The third-order valence-electron chi connectivity index (χ3n) is 3.85. The molecule has 0 aliphatic heterocycles. The maximum Gasteiger partial charge on any atom is 0.124 e. The van der Waals surface area contributed by atoms with Gasteiger partial charge in [-0.3, -0.25) is 4.98 Å². The SMILES string of the molecule is CNC(CCc1cccnc1)c1c(C)cc(C)cc1OC. The van der Waals surface area contributed by atoms with Gasteiger partial charge < -0.3 is 10.1 Å². The molecule has 0 saturated carbocycles. The molecule has 0 fully saturated rings. The highest BCUT2D eigenvalue weighted by molar-refractivity contribution is 5.45. The van der Waals surface area contributed by atoms with Gasteiger partial charge >= 0.3 is 0 Å². The van der Waals surface area contributed by atoms with Crippen LogP contribution in [-0.4, -0.2) is 19.1 Å². The van der Waals surface area contributed by atoms with Crippen LogP contribution in [0, 0.1) is 13.8 Å². The number of benzene rings is 1. The van der Waals surface area contributed by atoms with Crippen molar-refractivity contribution in [2.24, 2.45) is 0 Å². The lowest BCUT2D eigenvalue weighted by Crippen LogP contribution is -2.19. The van der Waals surface area contributed by atoms with Gasteiger partial charge in [-0.05, 0) is 62.6 Å². The summed E-state index contributed by atoms with van der Waals surface area (Å²) >= 11 is 0. The van der Waals surface area contributed by atoms with E-state index in [2.05, 4.69) is 42.3 Å². The minimum atomic E-state index is 0.278. The predicted octanol–water partition coefficient (Wildman–Crippen LogP) is 3.60. The quantitative estimate of drug-likeness (QED) is 0.880. The van der Waals surface area contributed by atoms with E-state index in [1.165, 1.54) is 22.3 Å². The maximum atomic E-state index is 5.59. The van der Waals surface area contributed by atoms with Crippen molar-refractivity contribution < 1.29 is 4.74 Å². The first-order chi connectivity index (χ1) is 10.2. The molecule has 0 saturated heterocycles. The largest absolute Gasteiger partial charge is 0.496 e. The molecule has 1 unspecified atom stereocenters. The zero-order valence-electron chi connectivity index (χ0n) is 13.3. The Bertz CT molecular complexity index is 581. The van der Waals surface area contributed by atoms with Gasteiger partial charge in [0.15, 0.2) is 0 Å². The van der Waals surface area contributed by atoms with E-state index in [-0.39, 0.29) is 6.04 Å². The van der Waals surface area contributed by atoms with Crippen LogP contribution >= 0.6 is 0 Å². The number of rotatable bonds is 6. The van der Waals surface area contributed by atoms with Gasteiger partial charge in [0.25, 0.3) is 0 Å². The molecule has 1 N–H and O–H groups in total. The summed E-state index contributed by atoms with van der Waals surface area (Å²) in [4.78, 5) is 4.18. The number of hydrogen-bond acceptors (Lipinski definition) is 3. The summed E-state index contributed by atoms with van der Waals surface area (Å²) in [5.41, 5.74) is 5.03. The minimum absolute atomic E-state index is 0.278. The fraction of sp³-hybridized carbons (Fsp3) is 0.389. The van der Waals surface area contributed by atoms with Crippen LogP contribution in [0.15, 0.2) is 36.7 Å². The van der Waals surface area contributed by atoms with Crippen LogP contribution < -0.4 is 10.1 Å². The van der Waals surface area contributed by atoms with Gasteiger partial charge in [-0.25, -0.2) is 0 Å². The molecule has 1 aromatic heterocycles. The van der Waals surface area contributed by atoms with Crippen molar-refractivity contribution in [3.8, 4) is 5.75 Å². The molecule has 2 rings (SSSR count). The van der Waals surface area contributed by atoms with Crippen molar-refractivity contribution in [1.82, 2.24) is 10.3 Å². The second-order valence-electron chi connectivity index (χ2n) is 5.44. The van der Waals surface area contributed by atoms with E-state index in [9.17, 15) is 0 Å². The van der Waals surface area contributed by atoms with E-state index >= 15 is 0 Å². The van der Waals surface area contributed by atoms with Crippen LogP contribution in [0.25, 0.3) is 0 Å². The molecule has 21 heavy (non-hydrogen) atoms. The number of nitrogens with zero attached hydrogens (tertiary/aromatic N) is 1. The highest BCUT2D eigenvalue weighted by atomic mass is 16.5. The molecule has 2 aromatic rings. The fourth-order valence-corrected chi connectivity index (χ4v) is 2.85. The maximum absolute atomic E-state index is 5.59. The highest BCUT2D eigenvalue weighted by Crippen LogP contribution is 2.32. The summed E-state index contributed by atoms with van der Waals surface area (Å²) in [6.45, 7) is 4.25. The Balaban J connectivity index is 2.21. The second-order valence-corrected chi connectivity index (χ2v) is 5.44. The summed E-state index contributed by atoms with van der Waals surface area (Å²) < 4.78 is 5.59. The monoisotopic (exact) mass is 284 g/mol. The number of hydrogen-bond donors (Lipinski definition) is 1. The summed E-state index contributed by atoms with van der Waals surface area (Å²) in [7, 11) is 3.75. The molecule has 0 radical (unpaired) electrons. The second kappa shape index (κ2) is 7.23. The van der Waals surface area contributed by atoms with Gasteiger partial charge in [-0.1, -0.05) is 12.1 Å². The summed E-state index contributed by atoms with van der Waals surface area (Å²) in [6, 6.07) is 8.71. The zero-order valence-corrected chi connectivity index (χ0v) is 13.3. The molecule has 0 amide bonds. The summed E-state index contributed by atoms with van der Waals surface area (Å²) in [6.07, 6.45) is 5.76. The molecule has 0 spiro atoms. The predicted molar refractivity (Wildman–Crippen MR) is 86.8 cm³/mol. The Hall–Kier alpha value is -1.87. The van der Waals surface area contributed by atoms with Crippen LogP contribution in [0.5, 0.6) is 5.75 Å². The number of methoxy groups -OCH3 is 1. The third-order valence-corrected chi connectivity index (χ3v) is 3.85. The first-order valence-corrected chi connectivity index (χ1v) is 7.37. The number of pyridine rings is 1. The van der Waals surface area contributed by atoms with Gasteiger partial charge in [0, 0.05) is 24.0 Å². The summed E-state index contributed by atoms with van der Waals surface area (Å²) in [5.74, 6) is 0.970. The minimum Gasteiger partial charge on any atom is -0.496 e. The molecular formula is C18H24N2O. The third kappa shape index (κ3) is 3.82. The van der Waals surface area contributed by atoms with Crippen molar-refractivity contribution in [3.63, 3.8) is 0 Å². The number of aryl methyl sites for hydroxylation is 3. The molecule has 1 aromatic carbocycles. The van der Waals surface area contributed by atoms with Crippen LogP contribution in [0.1, 0.15) is 34.7 Å². The van der Waals surface area contributed by atoms with Gasteiger partial charge in [-0.2, -0.15) is 0 Å². The van der Waals surface area contributed by atoms with Gasteiger partial charge in [0.05, 0.1) is 7.11 Å². The Morgan fingerprint density at radius 2 is 2.10 bits per heavy atom. The lowest BCUT2D eigenvalue weighted by atomic mass is 9.93. The van der Waals surface area contributed by atoms with E-state index in [1.54, 1.807) is 7.11 Å². The molecule has 1 atom stereocenters. The molecule has 112 valence electrons. The Labute approximate surface area is 127 Å². The fourth-order valence-electron chi connectivity index (χ4n) is 2.85. The smallest absolute Gasteiger partial charge is 0.124 e. The molecule has 3 nitrogen and oxygen atoms in total. The van der Waals surface area contributed by atoms with E-state index < -0.39 is 0 Å². The zero-order chi connectivity index (χ0) is 15.2. The van der Waals surface area contributed by atoms with Crippen molar-refractivity contribution in [2.75, 3.05) is 14.2 Å². The van der Waals surface area contributed by atoms with Gasteiger partial charge in [0.2, 0.25) is 0 Å². The molecule has 1 heterocycles. The van der Waals surface area contributed by atoms with E-state index in [0.29, 0.717) is 0 Å². The Morgan fingerprint density at radius 1 is 1.29 bits per heavy atom. The van der Waals surface area contributed by atoms with Gasteiger partial charge in [-0.15, -0.1) is 0 Å². The van der Waals surface area contributed by atoms with Crippen LogP contribution in [0.2, 0.25) is 0 Å². The topological polar surface area (TPSA) is 34.2 Å². The lowest BCUT2D eigenvalue weighted by Gasteiger charge is -2.22. The van der Waals surface area contributed by atoms with E-state index in [4.69, 9.17) is 4.74 Å². The average molecular weight is 284 g/mol. The molecule has 0 aliphatic carbocycles. The van der Waals surface area contributed by atoms with Gasteiger partial charge in [0.1, 0.15) is 5.75 Å². The van der Waals surface area contributed by atoms with E-state index in [1.807, 2.05) is 25.5 Å².